The number of hydrogen-bond acceptors (Lipinski definition) is 4. The summed E-state index contributed by atoms with van der Waals surface area (Å²) in [5.74, 6) is -0.842. The van der Waals surface area contributed by atoms with Crippen LogP contribution >= 0.6 is 0 Å². The number of carbonyl (C=O) groups excluding carboxylic acids is 1. The fraction of sp³-hybridized carbons (Fsp3) is 0.235. The van der Waals surface area contributed by atoms with E-state index in [1.165, 1.54) is 36.4 Å². The third kappa shape index (κ3) is 4.05. The lowest BCUT2D eigenvalue weighted by Gasteiger charge is -2.20. The van der Waals surface area contributed by atoms with Gasteiger partial charge in [0, 0.05) is 18.7 Å². The van der Waals surface area contributed by atoms with Crippen molar-refractivity contribution < 1.29 is 17.6 Å². The Kier molecular flexibility index (Phi) is 5.82. The zero-order valence-electron chi connectivity index (χ0n) is 13.3. The molecule has 0 aromatic heterocycles. The Morgan fingerprint density at radius 3 is 2.17 bits per heavy atom. The average Bonchev–Trinajstić information content (AvgIpc) is 2.59. The first-order valence-corrected chi connectivity index (χ1v) is 8.90. The summed E-state index contributed by atoms with van der Waals surface area (Å²) in [5.41, 5.74) is 6.59. The Hall–Kier alpha value is -2.09. The van der Waals surface area contributed by atoms with Crippen molar-refractivity contribution in [3.8, 4) is 0 Å². The van der Waals surface area contributed by atoms with Gasteiger partial charge in [-0.25, -0.2) is 12.8 Å². The molecule has 0 bridgehead atoms. The van der Waals surface area contributed by atoms with Crippen LogP contribution in [-0.2, 0) is 16.6 Å². The number of halogens is 1. The number of benzene rings is 2. The molecule has 24 heavy (non-hydrogen) atoms. The fourth-order valence-corrected chi connectivity index (χ4v) is 3.61. The topological polar surface area (TPSA) is 80.5 Å². The second kappa shape index (κ2) is 7.65. The Morgan fingerprint density at radius 1 is 1.08 bits per heavy atom. The van der Waals surface area contributed by atoms with Gasteiger partial charge in [-0.2, -0.15) is 4.31 Å². The van der Waals surface area contributed by atoms with Gasteiger partial charge in [-0.05, 0) is 42.0 Å². The molecular formula is C17H19FN2O3S. The smallest absolute Gasteiger partial charge is 0.243 e. The van der Waals surface area contributed by atoms with E-state index >= 15 is 0 Å². The van der Waals surface area contributed by atoms with Gasteiger partial charge in [0.05, 0.1) is 11.4 Å². The molecule has 0 fully saturated rings. The molecule has 2 aromatic rings. The maximum Gasteiger partial charge on any atom is 0.243 e. The lowest BCUT2D eigenvalue weighted by atomic mass is 10.1. The van der Waals surface area contributed by atoms with Crippen LogP contribution in [0.15, 0.2) is 53.4 Å². The van der Waals surface area contributed by atoms with E-state index in [4.69, 9.17) is 5.73 Å². The average molecular weight is 350 g/mol. The summed E-state index contributed by atoms with van der Waals surface area (Å²) in [6, 6.07) is 11.3. The van der Waals surface area contributed by atoms with Gasteiger partial charge in [0.15, 0.2) is 5.78 Å². The molecule has 0 amide bonds. The standard InChI is InChI=1S/C17H19FN2O3S/c1-2-20(12-17(21)14-5-7-15(18)8-6-14)24(22,23)16-9-3-13(11-19)4-10-16/h3-10H,2,11-12,19H2,1H3. The van der Waals surface area contributed by atoms with E-state index in [0.29, 0.717) is 6.54 Å². The minimum atomic E-state index is -3.79. The summed E-state index contributed by atoms with van der Waals surface area (Å²) in [4.78, 5) is 12.4. The van der Waals surface area contributed by atoms with Crippen LogP contribution in [0.2, 0.25) is 0 Å². The number of sulfonamides is 1. The number of carbonyl (C=O) groups is 1. The van der Waals surface area contributed by atoms with Gasteiger partial charge in [-0.3, -0.25) is 4.79 Å². The van der Waals surface area contributed by atoms with E-state index in [1.54, 1.807) is 19.1 Å². The van der Waals surface area contributed by atoms with Gasteiger partial charge in [-0.1, -0.05) is 19.1 Å². The molecule has 5 nitrogen and oxygen atoms in total. The molecule has 0 saturated heterocycles. The second-order valence-corrected chi connectivity index (χ2v) is 7.15. The predicted octanol–water partition coefficient (Wildman–Crippen LogP) is 2.18. The van der Waals surface area contributed by atoms with Crippen molar-refractivity contribution in [2.24, 2.45) is 5.73 Å². The monoisotopic (exact) mass is 350 g/mol. The predicted molar refractivity (Wildman–Crippen MR) is 89.5 cm³/mol. The molecule has 0 saturated carbocycles. The summed E-state index contributed by atoms with van der Waals surface area (Å²) in [6.07, 6.45) is 0. The molecule has 0 atom stereocenters. The van der Waals surface area contributed by atoms with Crippen LogP contribution in [0, 0.1) is 5.82 Å². The van der Waals surface area contributed by atoms with Crippen molar-refractivity contribution in [3.63, 3.8) is 0 Å². The Labute approximate surface area is 141 Å². The third-order valence-corrected chi connectivity index (χ3v) is 5.57. The first-order chi connectivity index (χ1) is 11.4. The molecule has 7 heteroatoms. The van der Waals surface area contributed by atoms with Gasteiger partial charge in [0.2, 0.25) is 10.0 Å². The summed E-state index contributed by atoms with van der Waals surface area (Å²) in [7, 11) is -3.79. The SMILES string of the molecule is CCN(CC(=O)c1ccc(F)cc1)S(=O)(=O)c1ccc(CN)cc1. The summed E-state index contributed by atoms with van der Waals surface area (Å²) in [6.45, 7) is 1.82. The highest BCUT2D eigenvalue weighted by Crippen LogP contribution is 2.17. The number of Topliss-reactive ketones (excluding diaryl/α,β-unsaturated/α-hetero) is 1. The van der Waals surface area contributed by atoms with Crippen LogP contribution in [0.5, 0.6) is 0 Å². The van der Waals surface area contributed by atoms with E-state index in [1.807, 2.05) is 0 Å². The zero-order chi connectivity index (χ0) is 17.7. The Bertz CT molecular complexity index is 803. The molecule has 128 valence electrons. The lowest BCUT2D eigenvalue weighted by molar-refractivity contribution is 0.0967. The number of rotatable bonds is 7. The Morgan fingerprint density at radius 2 is 1.67 bits per heavy atom. The highest BCUT2D eigenvalue weighted by atomic mass is 32.2. The van der Waals surface area contributed by atoms with Crippen LogP contribution in [0.1, 0.15) is 22.8 Å². The van der Waals surface area contributed by atoms with Crippen molar-refractivity contribution in [3.05, 3.63) is 65.5 Å². The number of likely N-dealkylation sites (N-methyl/N-ethyl adjacent to an activating group) is 1. The molecule has 0 radical (unpaired) electrons. The van der Waals surface area contributed by atoms with Gasteiger partial charge < -0.3 is 5.73 Å². The summed E-state index contributed by atoms with van der Waals surface area (Å²) < 4.78 is 39.4. The van der Waals surface area contributed by atoms with E-state index in [9.17, 15) is 17.6 Å². The first kappa shape index (κ1) is 18.3. The highest BCUT2D eigenvalue weighted by Gasteiger charge is 2.25. The van der Waals surface area contributed by atoms with E-state index in [0.717, 1.165) is 9.87 Å². The van der Waals surface area contributed by atoms with Crippen LogP contribution in [-0.4, -0.2) is 31.6 Å². The van der Waals surface area contributed by atoms with E-state index < -0.39 is 15.8 Å². The number of hydrogen-bond donors (Lipinski definition) is 1. The molecule has 0 aliphatic carbocycles. The van der Waals surface area contributed by atoms with Crippen LogP contribution in [0.25, 0.3) is 0 Å². The molecule has 0 aliphatic heterocycles. The van der Waals surface area contributed by atoms with Crippen molar-refractivity contribution in [1.82, 2.24) is 4.31 Å². The van der Waals surface area contributed by atoms with E-state index in [-0.39, 0.29) is 29.3 Å². The van der Waals surface area contributed by atoms with Crippen molar-refractivity contribution in [2.45, 2.75) is 18.4 Å². The minimum absolute atomic E-state index is 0.105. The maximum absolute atomic E-state index is 12.9. The molecule has 0 heterocycles. The molecule has 2 N–H and O–H groups in total. The van der Waals surface area contributed by atoms with Crippen LogP contribution in [0.3, 0.4) is 0 Å². The minimum Gasteiger partial charge on any atom is -0.326 e. The Balaban J connectivity index is 2.22. The van der Waals surface area contributed by atoms with E-state index in [2.05, 4.69) is 0 Å². The van der Waals surface area contributed by atoms with Gasteiger partial charge in [0.1, 0.15) is 5.82 Å². The zero-order valence-corrected chi connectivity index (χ0v) is 14.1. The first-order valence-electron chi connectivity index (χ1n) is 7.46. The highest BCUT2D eigenvalue weighted by molar-refractivity contribution is 7.89. The molecule has 2 rings (SSSR count). The van der Waals surface area contributed by atoms with Gasteiger partial charge in [-0.15, -0.1) is 0 Å². The van der Waals surface area contributed by atoms with Crippen LogP contribution < -0.4 is 5.73 Å². The summed E-state index contributed by atoms with van der Waals surface area (Å²) >= 11 is 0. The molecule has 2 aromatic carbocycles. The number of nitrogens with zero attached hydrogens (tertiary/aromatic N) is 1. The quantitative estimate of drug-likeness (QED) is 0.776. The second-order valence-electron chi connectivity index (χ2n) is 5.21. The fourth-order valence-electron chi connectivity index (χ4n) is 2.20. The molecule has 0 unspecified atom stereocenters. The van der Waals surface area contributed by atoms with Crippen molar-refractivity contribution in [1.29, 1.82) is 0 Å². The maximum atomic E-state index is 12.9. The molecule has 0 aliphatic rings. The van der Waals surface area contributed by atoms with Crippen LogP contribution in [0.4, 0.5) is 4.39 Å². The van der Waals surface area contributed by atoms with Crippen molar-refractivity contribution in [2.75, 3.05) is 13.1 Å². The lowest BCUT2D eigenvalue weighted by Crippen LogP contribution is -2.35. The van der Waals surface area contributed by atoms with Gasteiger partial charge >= 0.3 is 0 Å². The summed E-state index contributed by atoms with van der Waals surface area (Å²) in [5, 5.41) is 0. The molecular weight excluding hydrogens is 331 g/mol. The largest absolute Gasteiger partial charge is 0.326 e. The third-order valence-electron chi connectivity index (χ3n) is 3.64. The number of nitrogens with two attached hydrogens (primary N) is 1. The number of ketones is 1. The van der Waals surface area contributed by atoms with Gasteiger partial charge in [0.25, 0.3) is 0 Å². The normalized spacial score (nSPS) is 11.7. The molecule has 0 spiro atoms. The van der Waals surface area contributed by atoms with Crippen molar-refractivity contribution >= 4 is 15.8 Å².